The first-order valence-electron chi connectivity index (χ1n) is 36.2. The van der Waals surface area contributed by atoms with Crippen LogP contribution in [0.5, 0.6) is 0 Å². The average molecular weight is 1580 g/mol. The van der Waals surface area contributed by atoms with Gasteiger partial charge in [-0.05, 0) is 126 Å². The predicted molar refractivity (Wildman–Crippen MR) is 432 cm³/mol. The number of pyridine rings is 1. The number of aliphatic hydroxyl groups is 6. The van der Waals surface area contributed by atoms with Crippen molar-refractivity contribution in [1.82, 2.24) is 30.9 Å². The molecule has 22 nitrogen and oxygen atoms in total. The van der Waals surface area contributed by atoms with Gasteiger partial charge >= 0.3 is 60.4 Å². The number of Topliss-reactive ketones (excluding diaryl/α,β-unsaturated/α-hetero) is 1. The number of nitrogens with two attached hydrogens (primary N) is 1. The number of benzene rings is 4. The number of hydrogen-bond donors (Lipinski definition) is 10. The zero-order valence-corrected chi connectivity index (χ0v) is 71.3. The molecule has 0 bridgehead atoms. The number of ether oxygens (including phenoxy) is 6. The van der Waals surface area contributed by atoms with Crippen molar-refractivity contribution in [3.8, 4) is 0 Å². The van der Waals surface area contributed by atoms with Crippen LogP contribution in [0.2, 0.25) is 10.4 Å². The van der Waals surface area contributed by atoms with Crippen LogP contribution in [0.25, 0.3) is 11.0 Å². The molecule has 11 N–H and O–H groups in total. The SMILES string of the molecule is C1CCOC1.C1CCOC1.CC(CO)c1ccccc1.CC1(CO)N[C@H](c2ccccc2)CO1.CCCC[C@@](C)(N)CO.CCCC[C@](C)(CO)N[C@@H](CO)c1ccccc1.CCOC(=O)C(C)=O.CCOC(=O)C1(C)N[C@H](c2ccccc2)CO1.CO.Cl.Clc1nc(Cl)c2ncccc2n1.[B].[CH2-]CCC.[H-].[HH].[Li+].[Na+]. The minimum atomic E-state index is -1.03. The number of carbonyl (C=O) groups is 3. The van der Waals surface area contributed by atoms with Crippen molar-refractivity contribution in [1.29, 1.82) is 0 Å². The molecular weight excluding hydrogens is 1450 g/mol. The predicted octanol–water partition coefficient (Wildman–Crippen LogP) is 7.30. The van der Waals surface area contributed by atoms with E-state index in [4.69, 9.17) is 73.0 Å². The Labute approximate surface area is 701 Å². The van der Waals surface area contributed by atoms with Gasteiger partial charge in [0.15, 0.2) is 5.15 Å². The number of ketones is 1. The first kappa shape index (κ1) is 113. The molecule has 0 saturated carbocycles. The summed E-state index contributed by atoms with van der Waals surface area (Å²) in [5.74, 6) is -1.40. The van der Waals surface area contributed by atoms with Crippen molar-refractivity contribution in [2.45, 2.75) is 200 Å². The molecule has 4 aliphatic rings. The minimum Gasteiger partial charge on any atom is -1.00 e. The van der Waals surface area contributed by atoms with Gasteiger partial charge in [0.05, 0.1) is 76.5 Å². The molecule has 2 aromatic heterocycles. The molecule has 28 heteroatoms. The number of fused-ring (bicyclic) bond motifs is 1. The number of aromatic nitrogens is 3. The number of esters is 2. The largest absolute Gasteiger partial charge is 1.00 e. The van der Waals surface area contributed by atoms with Crippen molar-refractivity contribution in [3.63, 3.8) is 0 Å². The minimum absolute atomic E-state index is 0. The third-order valence-corrected chi connectivity index (χ3v) is 16.2. The van der Waals surface area contributed by atoms with Crippen LogP contribution in [-0.4, -0.2) is 187 Å². The molecule has 601 valence electrons. The van der Waals surface area contributed by atoms with Gasteiger partial charge < -0.3 is 78.5 Å². The second-order valence-corrected chi connectivity index (χ2v) is 26.1. The molecule has 3 unspecified atom stereocenters. The van der Waals surface area contributed by atoms with Gasteiger partial charge in [0.1, 0.15) is 11.2 Å². The van der Waals surface area contributed by atoms with Gasteiger partial charge in [-0.15, -0.1) is 12.4 Å². The van der Waals surface area contributed by atoms with E-state index in [0.29, 0.717) is 30.9 Å². The Balaban J connectivity index is -0.000000218. The molecule has 0 spiro atoms. The van der Waals surface area contributed by atoms with E-state index in [1.807, 2.05) is 137 Å². The van der Waals surface area contributed by atoms with Gasteiger partial charge in [-0.3, -0.25) is 20.4 Å². The molecule has 8 atom stereocenters. The number of unbranched alkanes of at least 4 members (excludes halogenated alkanes) is 3. The van der Waals surface area contributed by atoms with E-state index in [0.717, 1.165) is 89.6 Å². The number of nitrogens with zero attached hydrogens (tertiary/aromatic N) is 3. The number of carbonyl (C=O) groups excluding carboxylic acids is 3. The van der Waals surface area contributed by atoms with Crippen molar-refractivity contribution in [2.75, 3.05) is 93.0 Å². The van der Waals surface area contributed by atoms with E-state index in [1.165, 1.54) is 50.2 Å². The van der Waals surface area contributed by atoms with Crippen LogP contribution in [0, 0.1) is 6.92 Å². The molecule has 4 aliphatic heterocycles. The Morgan fingerprint density at radius 3 is 1.52 bits per heavy atom. The maximum Gasteiger partial charge on any atom is 1.00 e. The second-order valence-electron chi connectivity index (χ2n) is 25.4. The van der Waals surface area contributed by atoms with E-state index in [-0.39, 0.29) is 163 Å². The van der Waals surface area contributed by atoms with Crippen molar-refractivity contribution in [2.24, 2.45) is 5.73 Å². The van der Waals surface area contributed by atoms with Gasteiger partial charge in [-0.2, -0.15) is 6.42 Å². The fourth-order valence-corrected chi connectivity index (χ4v) is 9.85. The zero-order valence-electron chi connectivity index (χ0n) is 68.0. The Kier molecular flexibility index (Phi) is 71.4. The van der Waals surface area contributed by atoms with Gasteiger partial charge in [-0.1, -0.05) is 193 Å². The second kappa shape index (κ2) is 68.5. The maximum absolute atomic E-state index is 11.7. The van der Waals surface area contributed by atoms with Gasteiger partial charge in [0.2, 0.25) is 16.8 Å². The van der Waals surface area contributed by atoms with Crippen LogP contribution in [0.4, 0.5) is 0 Å². The normalized spacial score (nSPS) is 18.2. The average Bonchev–Trinajstić information content (AvgIpc) is 1.61. The van der Waals surface area contributed by atoms with Gasteiger partial charge in [0.25, 0.3) is 0 Å². The Bertz CT molecular complexity index is 3100. The molecule has 6 aromatic rings. The van der Waals surface area contributed by atoms with Crippen LogP contribution in [-0.2, 0) is 42.8 Å². The molecule has 10 rings (SSSR count). The summed E-state index contributed by atoms with van der Waals surface area (Å²) in [6.07, 6.45) is 15.3. The molecule has 0 amide bonds. The summed E-state index contributed by atoms with van der Waals surface area (Å²) in [6, 6.07) is 43.6. The zero-order chi connectivity index (χ0) is 78.1. The summed E-state index contributed by atoms with van der Waals surface area (Å²) in [6.45, 7) is 30.2. The molecule has 3 radical (unpaired) electrons. The van der Waals surface area contributed by atoms with E-state index in [9.17, 15) is 24.6 Å². The molecular formula is C80H130BCl3LiN7NaO15. The van der Waals surface area contributed by atoms with Crippen LogP contribution >= 0.6 is 35.6 Å². The topological polar surface area (TPSA) is 329 Å². The summed E-state index contributed by atoms with van der Waals surface area (Å²) in [5.41, 5.74) is 9.14. The van der Waals surface area contributed by atoms with Crippen LogP contribution in [0.1, 0.15) is 202 Å². The fraction of sp³-hybridized carbons (Fsp3) is 0.562. The molecule has 4 saturated heterocycles. The smallest absolute Gasteiger partial charge is 1.00 e. The van der Waals surface area contributed by atoms with Crippen LogP contribution in [0.15, 0.2) is 140 Å². The van der Waals surface area contributed by atoms with Crippen LogP contribution in [0.3, 0.4) is 0 Å². The Morgan fingerprint density at radius 1 is 0.685 bits per heavy atom. The van der Waals surface area contributed by atoms with E-state index < -0.39 is 23.2 Å². The van der Waals surface area contributed by atoms with E-state index in [2.05, 4.69) is 75.5 Å². The van der Waals surface area contributed by atoms with Crippen LogP contribution < -0.4 is 70.1 Å². The molecule has 4 aromatic carbocycles. The van der Waals surface area contributed by atoms with Crippen molar-refractivity contribution in [3.05, 3.63) is 179 Å². The monoisotopic (exact) mass is 1570 g/mol. The maximum atomic E-state index is 11.7. The Morgan fingerprint density at radius 2 is 1.14 bits per heavy atom. The number of hydrogen-bond acceptors (Lipinski definition) is 22. The summed E-state index contributed by atoms with van der Waals surface area (Å²) in [4.78, 5) is 43.7. The number of rotatable bonds is 22. The third-order valence-electron chi connectivity index (χ3n) is 15.8. The third kappa shape index (κ3) is 50.1. The summed E-state index contributed by atoms with van der Waals surface area (Å²) in [7, 11) is 1.00. The van der Waals surface area contributed by atoms with Gasteiger partial charge in [0, 0.05) is 80.1 Å². The quantitative estimate of drug-likeness (QED) is 0.00795. The first-order chi connectivity index (χ1) is 49.9. The molecule has 6 heterocycles. The Hall–Kier alpha value is -4.05. The summed E-state index contributed by atoms with van der Waals surface area (Å²) < 4.78 is 30.2. The van der Waals surface area contributed by atoms with Crippen molar-refractivity contribution < 1.29 is 125 Å². The molecule has 4 fully saturated rings. The fourth-order valence-electron chi connectivity index (χ4n) is 9.40. The number of nitrogens with one attached hydrogen (secondary N) is 3. The number of aliphatic hydroxyl groups excluding tert-OH is 6. The van der Waals surface area contributed by atoms with E-state index >= 15 is 0 Å². The molecule has 108 heavy (non-hydrogen) atoms. The summed E-state index contributed by atoms with van der Waals surface area (Å²) in [5, 5.41) is 62.9. The van der Waals surface area contributed by atoms with E-state index in [1.54, 1.807) is 39.1 Å². The standard InChI is InChI=1S/C15H25NO2.C13H17NO3.C11H15NO2.C9H12O.C7H3Cl2N3.C7H17NO.C5H8O3.2C4H8O.C4H9.CH4O.B.ClH.Li.Na.H2.H/c1-3-4-10-15(2,12-18)16-14(11-17)13-8-6-5-7-9-13;1-3-16-12(15)13(2)14-11(9-17-13)10-7-5-4-6-8-10;1-11(8-13)12-10(7-14-11)9-5-3-2-4-6-9;1-8(7-10)9-5-3-2-4-6-9;8-6-5-4(2-1-3-10-5)11-7(9)12-6;1-3-4-5-7(2,8)6-9;1-3-8-5(7)4(2)6;2*1-2-4-5-3-1;1-3-4-2;1-2;;;;;;/h5-9,14,16-18H,3-4,10-12H2,1-2H3;4-8,11,14H,3,9H2,1-2H3;2-6,10,12-13H,7-8H2,1H3;2-6,8,10H,7H2,1H3;1-3H;9H,3-6,8H2,1-2H3;3H2,1-2H3;2*1-4H2;1,3-4H2,2H3;2H,1H3;;1H;;;1H;/q;;;;;;;;;-1;;;;2*+1;;-1/t14-,15+;11-,13?;10-,11?;;;7-;;;;;;;;;;;/m000..1.........../s1. The summed E-state index contributed by atoms with van der Waals surface area (Å²) >= 11 is 11.4. The molecule has 0 aliphatic carbocycles. The number of halogens is 3. The first-order valence-corrected chi connectivity index (χ1v) is 36.9. The van der Waals surface area contributed by atoms with Crippen molar-refractivity contribution >= 4 is 72.8 Å². The van der Waals surface area contributed by atoms with Gasteiger partial charge in [-0.25, -0.2) is 19.6 Å².